The van der Waals surface area contributed by atoms with Gasteiger partial charge < -0.3 is 9.64 Å². The van der Waals surface area contributed by atoms with Gasteiger partial charge in [0, 0.05) is 39.3 Å². The van der Waals surface area contributed by atoms with E-state index < -0.39 is 10.2 Å². The Kier molecular flexibility index (Phi) is 7.14. The van der Waals surface area contributed by atoms with Gasteiger partial charge >= 0.3 is 0 Å². The molecule has 1 atom stereocenters. The summed E-state index contributed by atoms with van der Waals surface area (Å²) in [4.78, 5) is 2.62. The summed E-state index contributed by atoms with van der Waals surface area (Å²) in [5, 5.41) is 0. The van der Waals surface area contributed by atoms with Crippen molar-refractivity contribution < 1.29 is 13.2 Å². The van der Waals surface area contributed by atoms with Crippen LogP contribution in [0.1, 0.15) is 51.4 Å². The van der Waals surface area contributed by atoms with Crippen molar-refractivity contribution in [3.8, 4) is 0 Å². The zero-order valence-corrected chi connectivity index (χ0v) is 16.6. The molecule has 3 heterocycles. The lowest BCUT2D eigenvalue weighted by Gasteiger charge is -2.40. The molecule has 0 amide bonds. The third kappa shape index (κ3) is 4.95. The van der Waals surface area contributed by atoms with E-state index in [-0.39, 0.29) is 0 Å². The molecule has 0 aromatic rings. The van der Waals surface area contributed by atoms with E-state index in [0.717, 1.165) is 25.7 Å². The average Bonchev–Trinajstić information content (AvgIpc) is 2.92. The monoisotopic (exact) mass is 373 g/mol. The number of rotatable bonds is 5. The molecule has 0 bridgehead atoms. The molecule has 7 heteroatoms. The van der Waals surface area contributed by atoms with Crippen molar-refractivity contribution in [2.24, 2.45) is 5.92 Å². The second-order valence-corrected chi connectivity index (χ2v) is 9.84. The van der Waals surface area contributed by atoms with E-state index in [1.807, 2.05) is 0 Å². The van der Waals surface area contributed by atoms with Crippen LogP contribution in [0.5, 0.6) is 0 Å². The number of nitrogens with zero attached hydrogens (tertiary/aromatic N) is 3. The first kappa shape index (κ1) is 19.5. The van der Waals surface area contributed by atoms with Gasteiger partial charge in [0.25, 0.3) is 10.2 Å². The molecule has 146 valence electrons. The second-order valence-electron chi connectivity index (χ2n) is 7.91. The van der Waals surface area contributed by atoms with Crippen molar-refractivity contribution in [2.45, 2.75) is 57.4 Å². The molecule has 0 N–H and O–H groups in total. The smallest absolute Gasteiger partial charge is 0.281 e. The molecule has 3 aliphatic heterocycles. The fraction of sp³-hybridized carbons (Fsp3) is 1.00. The van der Waals surface area contributed by atoms with Gasteiger partial charge in [-0.1, -0.05) is 12.8 Å². The van der Waals surface area contributed by atoms with Crippen molar-refractivity contribution in [2.75, 3.05) is 53.0 Å². The number of methoxy groups -OCH3 is 1. The highest BCUT2D eigenvalue weighted by Crippen LogP contribution is 2.26. The highest BCUT2D eigenvalue weighted by molar-refractivity contribution is 7.86. The Bertz CT molecular complexity index is 496. The number of likely N-dealkylation sites (tertiary alicyclic amines) is 1. The number of hydrogen-bond acceptors (Lipinski definition) is 4. The van der Waals surface area contributed by atoms with Crippen LogP contribution in [0.15, 0.2) is 0 Å². The molecule has 0 saturated carbocycles. The van der Waals surface area contributed by atoms with Gasteiger partial charge in [-0.05, 0) is 57.5 Å². The van der Waals surface area contributed by atoms with Gasteiger partial charge in [-0.25, -0.2) is 0 Å². The Hall–Kier alpha value is -0.210. The summed E-state index contributed by atoms with van der Waals surface area (Å²) >= 11 is 0. The third-order valence-corrected chi connectivity index (χ3v) is 8.12. The Morgan fingerprint density at radius 2 is 1.52 bits per heavy atom. The molecule has 3 saturated heterocycles. The summed E-state index contributed by atoms with van der Waals surface area (Å²) in [6, 6.07) is 0.576. The number of ether oxygens (including phenoxy) is 1. The van der Waals surface area contributed by atoms with Crippen LogP contribution in [-0.2, 0) is 14.9 Å². The number of hydrogen-bond donors (Lipinski definition) is 0. The lowest BCUT2D eigenvalue weighted by Crippen LogP contribution is -2.53. The largest absolute Gasteiger partial charge is 0.384 e. The van der Waals surface area contributed by atoms with Crippen LogP contribution in [0, 0.1) is 5.92 Å². The van der Waals surface area contributed by atoms with Gasteiger partial charge in [0.15, 0.2) is 0 Å². The normalized spacial score (nSPS) is 29.6. The van der Waals surface area contributed by atoms with Crippen LogP contribution >= 0.6 is 0 Å². The maximum absolute atomic E-state index is 13.0. The van der Waals surface area contributed by atoms with Gasteiger partial charge in [0.05, 0.1) is 6.61 Å². The van der Waals surface area contributed by atoms with Crippen molar-refractivity contribution in [3.63, 3.8) is 0 Å². The van der Waals surface area contributed by atoms with E-state index in [9.17, 15) is 8.42 Å². The Morgan fingerprint density at radius 1 is 0.840 bits per heavy atom. The van der Waals surface area contributed by atoms with E-state index >= 15 is 0 Å². The van der Waals surface area contributed by atoms with Crippen LogP contribution < -0.4 is 0 Å². The lowest BCUT2D eigenvalue weighted by molar-refractivity contribution is 0.112. The molecule has 0 radical (unpaired) electrons. The first-order chi connectivity index (χ1) is 12.1. The van der Waals surface area contributed by atoms with E-state index in [0.29, 0.717) is 44.7 Å². The topological polar surface area (TPSA) is 53.1 Å². The van der Waals surface area contributed by atoms with E-state index in [2.05, 4.69) is 4.90 Å². The SMILES string of the molecule is COCC1CCCN(S(=O)(=O)N2CCC(N3CCCCCC3)CC2)C1. The molecular formula is C18H35N3O3S. The van der Waals surface area contributed by atoms with Crippen LogP contribution in [0.4, 0.5) is 0 Å². The van der Waals surface area contributed by atoms with Crippen LogP contribution in [0.3, 0.4) is 0 Å². The first-order valence-electron chi connectivity index (χ1n) is 10.1. The highest BCUT2D eigenvalue weighted by atomic mass is 32.2. The molecular weight excluding hydrogens is 338 g/mol. The average molecular weight is 374 g/mol. The quantitative estimate of drug-likeness (QED) is 0.739. The van der Waals surface area contributed by atoms with Gasteiger partial charge in [0.2, 0.25) is 0 Å². The Morgan fingerprint density at radius 3 is 2.16 bits per heavy atom. The Labute approximate surface area is 153 Å². The highest BCUT2D eigenvalue weighted by Gasteiger charge is 2.36. The minimum absolute atomic E-state index is 0.336. The predicted molar refractivity (Wildman–Crippen MR) is 99.7 cm³/mol. The third-order valence-electron chi connectivity index (χ3n) is 6.12. The fourth-order valence-corrected chi connectivity index (χ4v) is 6.43. The lowest BCUT2D eigenvalue weighted by atomic mass is 10.0. The summed E-state index contributed by atoms with van der Waals surface area (Å²) < 4.78 is 34.7. The fourth-order valence-electron chi connectivity index (χ4n) is 4.67. The zero-order chi connectivity index (χ0) is 17.7. The maximum Gasteiger partial charge on any atom is 0.281 e. The standard InChI is InChI=1S/C18H35N3O3S/c1-24-16-17-7-6-12-21(15-17)25(22,23)20-13-8-18(9-14-20)19-10-4-2-3-5-11-19/h17-18H,2-16H2,1H3. The van der Waals surface area contributed by atoms with Gasteiger partial charge in [-0.3, -0.25) is 0 Å². The van der Waals surface area contributed by atoms with Crippen molar-refractivity contribution >= 4 is 10.2 Å². The molecule has 0 spiro atoms. The molecule has 3 rings (SSSR count). The van der Waals surface area contributed by atoms with Gasteiger partial charge in [0.1, 0.15) is 0 Å². The second kappa shape index (κ2) is 9.13. The Balaban J connectivity index is 1.54. The summed E-state index contributed by atoms with van der Waals surface area (Å²) in [6.07, 6.45) is 9.26. The molecule has 25 heavy (non-hydrogen) atoms. The molecule has 3 aliphatic rings. The first-order valence-corrected chi connectivity index (χ1v) is 11.5. The van der Waals surface area contributed by atoms with E-state index in [1.54, 1.807) is 15.7 Å². The van der Waals surface area contributed by atoms with Crippen molar-refractivity contribution in [3.05, 3.63) is 0 Å². The summed E-state index contributed by atoms with van der Waals surface area (Å²) in [5.41, 5.74) is 0. The van der Waals surface area contributed by atoms with Crippen molar-refractivity contribution in [1.82, 2.24) is 13.5 Å². The molecule has 1 unspecified atom stereocenters. The summed E-state index contributed by atoms with van der Waals surface area (Å²) in [7, 11) is -1.61. The molecule has 3 fully saturated rings. The number of piperidine rings is 2. The van der Waals surface area contributed by atoms with E-state index in [1.165, 1.54) is 38.8 Å². The maximum atomic E-state index is 13.0. The zero-order valence-electron chi connectivity index (χ0n) is 15.7. The van der Waals surface area contributed by atoms with E-state index in [4.69, 9.17) is 4.74 Å². The van der Waals surface area contributed by atoms with Crippen LogP contribution in [0.25, 0.3) is 0 Å². The molecule has 0 aromatic heterocycles. The molecule has 0 aromatic carbocycles. The summed E-state index contributed by atoms with van der Waals surface area (Å²) in [5.74, 6) is 0.336. The van der Waals surface area contributed by atoms with Crippen LogP contribution in [-0.4, -0.2) is 81.0 Å². The predicted octanol–water partition coefficient (Wildman–Crippen LogP) is 1.93. The minimum Gasteiger partial charge on any atom is -0.384 e. The minimum atomic E-state index is -3.31. The van der Waals surface area contributed by atoms with Gasteiger partial charge in [-0.15, -0.1) is 0 Å². The molecule has 0 aliphatic carbocycles. The molecule has 6 nitrogen and oxygen atoms in total. The van der Waals surface area contributed by atoms with Crippen LogP contribution in [0.2, 0.25) is 0 Å². The van der Waals surface area contributed by atoms with Crippen molar-refractivity contribution in [1.29, 1.82) is 0 Å². The summed E-state index contributed by atoms with van der Waals surface area (Å²) in [6.45, 7) is 5.67. The van der Waals surface area contributed by atoms with Gasteiger partial charge in [-0.2, -0.15) is 17.0 Å².